The Balaban J connectivity index is 2.43. The van der Waals surface area contributed by atoms with E-state index < -0.39 is 0 Å². The second kappa shape index (κ2) is 7.63. The molecule has 0 radical (unpaired) electrons. The number of amides is 1. The van der Waals surface area contributed by atoms with Gasteiger partial charge < -0.3 is 20.5 Å². The lowest BCUT2D eigenvalue weighted by atomic mass is 10.0. The molecule has 1 saturated heterocycles. The van der Waals surface area contributed by atoms with Gasteiger partial charge in [0.25, 0.3) is 0 Å². The van der Waals surface area contributed by atoms with E-state index in [0.29, 0.717) is 13.2 Å². The first-order valence-corrected chi connectivity index (χ1v) is 6.45. The molecule has 5 nitrogen and oxygen atoms in total. The van der Waals surface area contributed by atoms with Crippen LogP contribution >= 0.6 is 0 Å². The summed E-state index contributed by atoms with van der Waals surface area (Å²) in [6, 6.07) is -0.0407. The van der Waals surface area contributed by atoms with Gasteiger partial charge in [-0.2, -0.15) is 0 Å². The third kappa shape index (κ3) is 4.26. The standard InChI is InChI=1S/C12H24N2O3/c1-3-5-13-11-8-17-7-10(11)12(16)14-9(4-2)6-15/h9-11,13,15H,3-8H2,1-2H3,(H,14,16). The predicted molar refractivity (Wildman–Crippen MR) is 65.7 cm³/mol. The maximum atomic E-state index is 12.0. The van der Waals surface area contributed by atoms with Gasteiger partial charge in [-0.05, 0) is 19.4 Å². The summed E-state index contributed by atoms with van der Waals surface area (Å²) in [5.41, 5.74) is 0. The molecule has 3 unspecified atom stereocenters. The number of aliphatic hydroxyl groups is 1. The van der Waals surface area contributed by atoms with Gasteiger partial charge in [0.2, 0.25) is 5.91 Å². The zero-order valence-corrected chi connectivity index (χ0v) is 10.7. The maximum Gasteiger partial charge on any atom is 0.227 e. The molecule has 1 fully saturated rings. The first kappa shape index (κ1) is 14.4. The largest absolute Gasteiger partial charge is 0.394 e. The van der Waals surface area contributed by atoms with E-state index in [0.717, 1.165) is 19.4 Å². The van der Waals surface area contributed by atoms with Gasteiger partial charge in [-0.3, -0.25) is 4.79 Å². The van der Waals surface area contributed by atoms with Gasteiger partial charge in [0.05, 0.1) is 31.8 Å². The van der Waals surface area contributed by atoms with Crippen LogP contribution in [0, 0.1) is 5.92 Å². The molecule has 3 N–H and O–H groups in total. The third-order valence-electron chi connectivity index (χ3n) is 3.13. The quantitative estimate of drug-likeness (QED) is 0.584. The van der Waals surface area contributed by atoms with Crippen LogP contribution in [0.1, 0.15) is 26.7 Å². The van der Waals surface area contributed by atoms with E-state index in [2.05, 4.69) is 17.6 Å². The Morgan fingerprint density at radius 1 is 1.47 bits per heavy atom. The Morgan fingerprint density at radius 2 is 2.24 bits per heavy atom. The first-order valence-electron chi connectivity index (χ1n) is 6.45. The van der Waals surface area contributed by atoms with Crippen molar-refractivity contribution >= 4 is 5.91 Å². The Labute approximate surface area is 103 Å². The van der Waals surface area contributed by atoms with Crippen LogP contribution in [0.5, 0.6) is 0 Å². The number of carbonyl (C=O) groups excluding carboxylic acids is 1. The molecule has 0 spiro atoms. The molecule has 1 aliphatic rings. The van der Waals surface area contributed by atoms with Crippen molar-refractivity contribution in [1.29, 1.82) is 0 Å². The molecule has 0 saturated carbocycles. The molecule has 0 aliphatic carbocycles. The van der Waals surface area contributed by atoms with Gasteiger partial charge >= 0.3 is 0 Å². The van der Waals surface area contributed by atoms with Gasteiger partial charge in [0.15, 0.2) is 0 Å². The van der Waals surface area contributed by atoms with Crippen molar-refractivity contribution in [2.45, 2.75) is 38.8 Å². The molecule has 0 bridgehead atoms. The predicted octanol–water partition coefficient (Wildman–Crippen LogP) is -0.112. The molecule has 1 amide bonds. The van der Waals surface area contributed by atoms with Crippen LogP contribution in [-0.4, -0.2) is 49.5 Å². The average Bonchev–Trinajstić information content (AvgIpc) is 2.81. The smallest absolute Gasteiger partial charge is 0.227 e. The van der Waals surface area contributed by atoms with E-state index in [-0.39, 0.29) is 30.5 Å². The monoisotopic (exact) mass is 244 g/mol. The van der Waals surface area contributed by atoms with Crippen molar-refractivity contribution in [3.63, 3.8) is 0 Å². The SMILES string of the molecule is CCCNC1COCC1C(=O)NC(CC)CO. The van der Waals surface area contributed by atoms with Crippen LogP contribution in [0.3, 0.4) is 0 Å². The molecular formula is C12H24N2O3. The number of nitrogens with one attached hydrogen (secondary N) is 2. The Hall–Kier alpha value is -0.650. The Bertz CT molecular complexity index is 232. The van der Waals surface area contributed by atoms with Crippen molar-refractivity contribution in [2.75, 3.05) is 26.4 Å². The molecule has 0 aromatic rings. The topological polar surface area (TPSA) is 70.6 Å². The van der Waals surface area contributed by atoms with Crippen LogP contribution in [0.2, 0.25) is 0 Å². The summed E-state index contributed by atoms with van der Waals surface area (Å²) in [7, 11) is 0. The lowest BCUT2D eigenvalue weighted by molar-refractivity contribution is -0.126. The minimum Gasteiger partial charge on any atom is -0.394 e. The molecule has 100 valence electrons. The van der Waals surface area contributed by atoms with E-state index in [4.69, 9.17) is 9.84 Å². The number of aliphatic hydroxyl groups excluding tert-OH is 1. The number of carbonyl (C=O) groups is 1. The highest BCUT2D eigenvalue weighted by atomic mass is 16.5. The van der Waals surface area contributed by atoms with Gasteiger partial charge in [0.1, 0.15) is 0 Å². The minimum absolute atomic E-state index is 0.0110. The van der Waals surface area contributed by atoms with Crippen molar-refractivity contribution in [3.05, 3.63) is 0 Å². The highest BCUT2D eigenvalue weighted by Crippen LogP contribution is 2.14. The second-order valence-corrected chi connectivity index (χ2v) is 4.50. The Morgan fingerprint density at radius 3 is 2.82 bits per heavy atom. The summed E-state index contributed by atoms with van der Waals surface area (Å²) in [4.78, 5) is 12.0. The zero-order chi connectivity index (χ0) is 12.7. The van der Waals surface area contributed by atoms with Crippen LogP contribution in [0.4, 0.5) is 0 Å². The van der Waals surface area contributed by atoms with Crippen molar-refractivity contribution in [3.8, 4) is 0 Å². The van der Waals surface area contributed by atoms with Crippen LogP contribution in [-0.2, 0) is 9.53 Å². The van der Waals surface area contributed by atoms with Crippen molar-refractivity contribution in [1.82, 2.24) is 10.6 Å². The number of ether oxygens (including phenoxy) is 1. The zero-order valence-electron chi connectivity index (χ0n) is 10.7. The molecule has 1 rings (SSSR count). The van der Waals surface area contributed by atoms with E-state index in [1.54, 1.807) is 0 Å². The van der Waals surface area contributed by atoms with Gasteiger partial charge in [-0.25, -0.2) is 0 Å². The normalized spacial score (nSPS) is 25.8. The Kier molecular flexibility index (Phi) is 6.47. The fraction of sp³-hybridized carbons (Fsp3) is 0.917. The highest BCUT2D eigenvalue weighted by Gasteiger charge is 2.34. The fourth-order valence-electron chi connectivity index (χ4n) is 1.93. The maximum absolute atomic E-state index is 12.0. The molecular weight excluding hydrogens is 220 g/mol. The summed E-state index contributed by atoms with van der Waals surface area (Å²) in [6.45, 7) is 5.98. The number of hydrogen-bond donors (Lipinski definition) is 3. The van der Waals surface area contributed by atoms with Gasteiger partial charge in [0, 0.05) is 6.04 Å². The highest BCUT2D eigenvalue weighted by molar-refractivity contribution is 5.80. The summed E-state index contributed by atoms with van der Waals surface area (Å²) in [6.07, 6.45) is 1.78. The van der Waals surface area contributed by atoms with Crippen LogP contribution < -0.4 is 10.6 Å². The summed E-state index contributed by atoms with van der Waals surface area (Å²) in [5, 5.41) is 15.2. The van der Waals surface area contributed by atoms with E-state index in [9.17, 15) is 4.79 Å². The van der Waals surface area contributed by atoms with Gasteiger partial charge in [-0.15, -0.1) is 0 Å². The van der Waals surface area contributed by atoms with Crippen molar-refractivity contribution < 1.29 is 14.6 Å². The molecule has 1 aliphatic heterocycles. The molecule has 0 aromatic heterocycles. The first-order chi connectivity index (χ1) is 8.22. The third-order valence-corrected chi connectivity index (χ3v) is 3.13. The lowest BCUT2D eigenvalue weighted by Crippen LogP contribution is -2.47. The van der Waals surface area contributed by atoms with E-state index in [1.807, 2.05) is 6.92 Å². The molecule has 5 heteroatoms. The number of rotatable bonds is 7. The lowest BCUT2D eigenvalue weighted by Gasteiger charge is -2.21. The molecule has 3 atom stereocenters. The summed E-state index contributed by atoms with van der Waals surface area (Å²) in [5.74, 6) is -0.154. The van der Waals surface area contributed by atoms with Crippen LogP contribution in [0.15, 0.2) is 0 Å². The summed E-state index contributed by atoms with van der Waals surface area (Å²) >= 11 is 0. The average molecular weight is 244 g/mol. The second-order valence-electron chi connectivity index (χ2n) is 4.50. The van der Waals surface area contributed by atoms with Crippen molar-refractivity contribution in [2.24, 2.45) is 5.92 Å². The summed E-state index contributed by atoms with van der Waals surface area (Å²) < 4.78 is 5.35. The van der Waals surface area contributed by atoms with Crippen LogP contribution in [0.25, 0.3) is 0 Å². The fourth-order valence-corrected chi connectivity index (χ4v) is 1.93. The minimum atomic E-state index is -0.144. The molecule has 17 heavy (non-hydrogen) atoms. The van der Waals surface area contributed by atoms with E-state index >= 15 is 0 Å². The molecule has 0 aromatic carbocycles. The van der Waals surface area contributed by atoms with Gasteiger partial charge in [-0.1, -0.05) is 13.8 Å². The van der Waals surface area contributed by atoms with E-state index in [1.165, 1.54) is 0 Å². The number of hydrogen-bond acceptors (Lipinski definition) is 4. The molecule has 1 heterocycles.